The number of carbonyl (C=O) groups excluding carboxylic acids is 3. The summed E-state index contributed by atoms with van der Waals surface area (Å²) in [4.78, 5) is 38.7. The molecule has 1 saturated heterocycles. The lowest BCUT2D eigenvalue weighted by molar-refractivity contribution is -0.120. The van der Waals surface area contributed by atoms with Gasteiger partial charge in [-0.25, -0.2) is 0 Å². The Morgan fingerprint density at radius 1 is 1.30 bits per heavy atom. The first-order valence-corrected chi connectivity index (χ1v) is 10.0. The number of hydrogen-bond acceptors (Lipinski definition) is 7. The Balaban J connectivity index is 1.81. The Kier molecular flexibility index (Phi) is 6.42. The number of alkyl halides is 1. The second-order valence-electron chi connectivity index (χ2n) is 6.27. The number of aliphatic hydroxyl groups is 2. The van der Waals surface area contributed by atoms with Gasteiger partial charge in [-0.1, -0.05) is 28.7 Å². The smallest absolute Gasteiger partial charge is 0.264 e. The maximum Gasteiger partial charge on any atom is 0.264 e. The molecule has 2 aliphatic rings. The van der Waals surface area contributed by atoms with E-state index in [1.54, 1.807) is 12.1 Å². The van der Waals surface area contributed by atoms with E-state index in [4.69, 9.17) is 4.74 Å². The minimum Gasteiger partial charge on any atom is -0.379 e. The molecule has 0 spiro atoms. The molecule has 3 unspecified atom stereocenters. The fraction of sp³-hybridized carbons (Fsp3) is 0.471. The molecule has 1 aromatic carbocycles. The van der Waals surface area contributed by atoms with Crippen LogP contribution in [0.5, 0.6) is 0 Å². The van der Waals surface area contributed by atoms with Crippen molar-refractivity contribution in [2.24, 2.45) is 0 Å². The van der Waals surface area contributed by atoms with Crippen molar-refractivity contribution in [3.63, 3.8) is 0 Å². The van der Waals surface area contributed by atoms with Gasteiger partial charge in [-0.05, 0) is 25.0 Å². The van der Waals surface area contributed by atoms with E-state index in [2.05, 4.69) is 33.2 Å². The minimum absolute atomic E-state index is 0.100. The molecule has 0 saturated carbocycles. The molecule has 2 heterocycles. The fourth-order valence-corrected chi connectivity index (χ4v) is 3.57. The molecule has 9 nitrogen and oxygen atoms in total. The van der Waals surface area contributed by atoms with Crippen LogP contribution >= 0.6 is 22.6 Å². The highest BCUT2D eigenvalue weighted by atomic mass is 127. The van der Waals surface area contributed by atoms with Gasteiger partial charge in [0.15, 0.2) is 0 Å². The summed E-state index contributed by atoms with van der Waals surface area (Å²) in [5.74, 6) is -1.54. The number of imide groups is 1. The van der Waals surface area contributed by atoms with E-state index < -0.39 is 36.2 Å². The first kappa shape index (κ1) is 20.1. The van der Waals surface area contributed by atoms with Crippen LogP contribution in [-0.2, 0) is 9.53 Å². The normalized spacial score (nSPS) is 24.9. The van der Waals surface area contributed by atoms with Crippen molar-refractivity contribution >= 4 is 46.0 Å². The molecule has 10 heteroatoms. The van der Waals surface area contributed by atoms with Crippen LogP contribution < -0.4 is 10.6 Å². The monoisotopic (exact) mass is 489 g/mol. The van der Waals surface area contributed by atoms with Gasteiger partial charge in [-0.15, -0.1) is 0 Å². The van der Waals surface area contributed by atoms with E-state index in [1.807, 2.05) is 0 Å². The molecule has 1 fully saturated rings. The molecule has 3 rings (SSSR count). The van der Waals surface area contributed by atoms with E-state index in [1.165, 1.54) is 6.07 Å². The summed E-state index contributed by atoms with van der Waals surface area (Å²) < 4.78 is 5.93. The lowest BCUT2D eigenvalue weighted by atomic mass is 10.0. The number of anilines is 1. The largest absolute Gasteiger partial charge is 0.379 e. The molecule has 3 amide bonds. The first-order chi connectivity index (χ1) is 12.9. The lowest BCUT2D eigenvalue weighted by Gasteiger charge is -2.36. The molecule has 4 N–H and O–H groups in total. The molecule has 0 aliphatic carbocycles. The Morgan fingerprint density at radius 3 is 2.78 bits per heavy atom. The zero-order chi connectivity index (χ0) is 19.6. The van der Waals surface area contributed by atoms with Crippen molar-refractivity contribution < 1.29 is 29.3 Å². The number of nitrogens with one attached hydrogen (secondary N) is 2. The van der Waals surface area contributed by atoms with Gasteiger partial charge in [0.25, 0.3) is 11.8 Å². The van der Waals surface area contributed by atoms with Crippen molar-refractivity contribution in [3.8, 4) is 0 Å². The van der Waals surface area contributed by atoms with Crippen LogP contribution in [0, 0.1) is 0 Å². The maximum absolute atomic E-state index is 12.9. The summed E-state index contributed by atoms with van der Waals surface area (Å²) >= 11 is 2.13. The predicted molar refractivity (Wildman–Crippen MR) is 103 cm³/mol. The van der Waals surface area contributed by atoms with Crippen LogP contribution in [0.15, 0.2) is 18.2 Å². The van der Waals surface area contributed by atoms with Gasteiger partial charge in [0.1, 0.15) is 19.1 Å². The lowest BCUT2D eigenvalue weighted by Crippen LogP contribution is -2.58. The van der Waals surface area contributed by atoms with Gasteiger partial charge in [-0.3, -0.25) is 24.6 Å². The molecule has 27 heavy (non-hydrogen) atoms. The zero-order valence-electron chi connectivity index (χ0n) is 14.4. The van der Waals surface area contributed by atoms with Crippen molar-refractivity contribution in [1.82, 2.24) is 10.2 Å². The quantitative estimate of drug-likeness (QED) is 0.193. The SMILES string of the molecule is O=C(COCCI)Nc1cccc2c1C(=O)N(C1CCC(O)NC1O)C2=O. The number of benzene rings is 1. The summed E-state index contributed by atoms with van der Waals surface area (Å²) in [5.41, 5.74) is 0.502. The Bertz CT molecular complexity index is 758. The summed E-state index contributed by atoms with van der Waals surface area (Å²) in [5, 5.41) is 24.8. The third-order valence-corrected chi connectivity index (χ3v) is 4.91. The van der Waals surface area contributed by atoms with Crippen LogP contribution in [0.4, 0.5) is 5.69 Å². The number of amides is 3. The standard InChI is InChI=1S/C17H20IN3O6/c18-6-7-27-8-13(23)19-10-3-1-2-9-14(10)17(26)21(16(9)25)11-4-5-12(22)20-15(11)24/h1-3,11-12,15,20,22,24H,4-8H2,(H,19,23). The van der Waals surface area contributed by atoms with Crippen LogP contribution in [0.3, 0.4) is 0 Å². The highest BCUT2D eigenvalue weighted by Gasteiger charge is 2.45. The van der Waals surface area contributed by atoms with Crippen LogP contribution in [-0.4, -0.2) is 69.0 Å². The average Bonchev–Trinajstić information content (AvgIpc) is 2.88. The fourth-order valence-electron chi connectivity index (χ4n) is 3.26. The van der Waals surface area contributed by atoms with Gasteiger partial charge >= 0.3 is 0 Å². The molecule has 3 atom stereocenters. The third-order valence-electron chi connectivity index (χ3n) is 4.47. The zero-order valence-corrected chi connectivity index (χ0v) is 16.5. The number of rotatable bonds is 6. The van der Waals surface area contributed by atoms with Gasteiger partial charge in [0.2, 0.25) is 5.91 Å². The molecule has 0 aromatic heterocycles. The molecule has 2 aliphatic heterocycles. The van der Waals surface area contributed by atoms with Crippen molar-refractivity contribution in [2.45, 2.75) is 31.3 Å². The first-order valence-electron chi connectivity index (χ1n) is 8.50. The number of carbonyl (C=O) groups is 3. The summed E-state index contributed by atoms with van der Waals surface area (Å²) in [6.07, 6.45) is -1.54. The molecule has 1 aromatic rings. The van der Waals surface area contributed by atoms with Crippen molar-refractivity contribution in [1.29, 1.82) is 0 Å². The van der Waals surface area contributed by atoms with Crippen molar-refractivity contribution in [3.05, 3.63) is 29.3 Å². The van der Waals surface area contributed by atoms with E-state index >= 15 is 0 Å². The number of ether oxygens (including phenoxy) is 1. The summed E-state index contributed by atoms with van der Waals surface area (Å²) in [6.45, 7) is 0.284. The van der Waals surface area contributed by atoms with Gasteiger partial charge in [-0.2, -0.15) is 0 Å². The Hall–Kier alpha value is -1.60. The minimum atomic E-state index is -1.23. The molecule has 146 valence electrons. The number of nitrogens with zero attached hydrogens (tertiary/aromatic N) is 1. The highest BCUT2D eigenvalue weighted by Crippen LogP contribution is 2.33. The van der Waals surface area contributed by atoms with Crippen LogP contribution in [0.2, 0.25) is 0 Å². The summed E-state index contributed by atoms with van der Waals surface area (Å²) in [6, 6.07) is 3.84. The third kappa shape index (κ3) is 4.14. The highest BCUT2D eigenvalue weighted by molar-refractivity contribution is 14.1. The number of halogens is 1. The predicted octanol–water partition coefficient (Wildman–Crippen LogP) is 0.0615. The topological polar surface area (TPSA) is 128 Å². The van der Waals surface area contributed by atoms with Gasteiger partial charge in [0.05, 0.1) is 29.5 Å². The average molecular weight is 489 g/mol. The van der Waals surface area contributed by atoms with E-state index in [0.717, 1.165) is 9.33 Å². The number of hydrogen-bond donors (Lipinski definition) is 4. The van der Waals surface area contributed by atoms with E-state index in [-0.39, 0.29) is 29.8 Å². The number of fused-ring (bicyclic) bond motifs is 1. The van der Waals surface area contributed by atoms with Crippen LogP contribution in [0.25, 0.3) is 0 Å². The molecule has 0 bridgehead atoms. The number of piperidine rings is 1. The van der Waals surface area contributed by atoms with Gasteiger partial charge in [0, 0.05) is 4.43 Å². The van der Waals surface area contributed by atoms with Crippen molar-refractivity contribution in [2.75, 3.05) is 23.0 Å². The van der Waals surface area contributed by atoms with E-state index in [9.17, 15) is 24.6 Å². The van der Waals surface area contributed by atoms with Gasteiger partial charge < -0.3 is 20.3 Å². The maximum atomic E-state index is 12.9. The second-order valence-corrected chi connectivity index (χ2v) is 7.35. The Labute approximate surface area is 169 Å². The number of aliphatic hydroxyl groups excluding tert-OH is 2. The Morgan fingerprint density at radius 2 is 2.07 bits per heavy atom. The summed E-state index contributed by atoms with van der Waals surface area (Å²) in [7, 11) is 0. The second kappa shape index (κ2) is 8.61. The van der Waals surface area contributed by atoms with E-state index in [0.29, 0.717) is 13.0 Å². The van der Waals surface area contributed by atoms with Crippen LogP contribution in [0.1, 0.15) is 33.6 Å². The molecule has 0 radical (unpaired) electrons. The molecular formula is C17H20IN3O6. The molecular weight excluding hydrogens is 469 g/mol.